The van der Waals surface area contributed by atoms with Crippen LogP contribution in [0.3, 0.4) is 0 Å². The summed E-state index contributed by atoms with van der Waals surface area (Å²) in [4.78, 5) is 12.2. The lowest BCUT2D eigenvalue weighted by molar-refractivity contribution is 0.0968. The first-order valence-corrected chi connectivity index (χ1v) is 6.57. The second kappa shape index (κ2) is 5.02. The summed E-state index contributed by atoms with van der Waals surface area (Å²) in [5, 5.41) is 1.33. The topological polar surface area (TPSA) is 56.2 Å². The van der Waals surface area contributed by atoms with Crippen LogP contribution in [0.2, 0.25) is 5.02 Å². The summed E-state index contributed by atoms with van der Waals surface area (Å²) < 4.78 is 5.55. The lowest BCUT2D eigenvalue weighted by Crippen LogP contribution is -2.02. The van der Waals surface area contributed by atoms with Gasteiger partial charge in [-0.2, -0.15) is 0 Å². The normalized spacial score (nSPS) is 10.8. The Bertz CT molecular complexity index is 792. The van der Waals surface area contributed by atoms with Crippen molar-refractivity contribution in [1.82, 2.24) is 0 Å². The van der Waals surface area contributed by atoms with Crippen molar-refractivity contribution in [3.05, 3.63) is 64.9 Å². The van der Waals surface area contributed by atoms with Crippen LogP contribution in [0.5, 0.6) is 0 Å². The fraction of sp³-hybridized carbons (Fsp3) is 0.0625. The number of furan rings is 1. The number of anilines is 1. The number of ketones is 1. The van der Waals surface area contributed by atoms with E-state index in [1.54, 1.807) is 24.3 Å². The average Bonchev–Trinajstić information content (AvgIpc) is 2.84. The Hall–Kier alpha value is -2.26. The number of nitrogen functional groups attached to an aromatic ring is 1. The molecule has 1 aromatic heterocycles. The van der Waals surface area contributed by atoms with Gasteiger partial charge in [0.1, 0.15) is 0 Å². The van der Waals surface area contributed by atoms with E-state index in [1.165, 1.54) is 0 Å². The maximum absolute atomic E-state index is 12.2. The van der Waals surface area contributed by atoms with Gasteiger partial charge >= 0.3 is 0 Å². The molecule has 0 radical (unpaired) electrons. The van der Waals surface area contributed by atoms with Crippen LogP contribution in [0.15, 0.2) is 52.9 Å². The van der Waals surface area contributed by atoms with Gasteiger partial charge < -0.3 is 10.2 Å². The van der Waals surface area contributed by atoms with Crippen molar-refractivity contribution < 1.29 is 9.21 Å². The van der Waals surface area contributed by atoms with Crippen LogP contribution in [-0.2, 0) is 6.42 Å². The first kappa shape index (κ1) is 12.8. The molecule has 3 nitrogen and oxygen atoms in total. The predicted molar refractivity (Wildman–Crippen MR) is 80.1 cm³/mol. The number of Topliss-reactive ketones (excluding diaryl/α,β-unsaturated/α-hetero) is 1. The number of fused-ring (bicyclic) bond motifs is 1. The monoisotopic (exact) mass is 285 g/mol. The fourth-order valence-corrected chi connectivity index (χ4v) is 2.36. The number of carbonyl (C=O) groups excluding carboxylic acids is 1. The third-order valence-corrected chi connectivity index (χ3v) is 3.38. The Morgan fingerprint density at radius 1 is 1.15 bits per heavy atom. The highest BCUT2D eigenvalue weighted by Gasteiger charge is 2.14. The molecule has 0 aliphatic carbocycles. The molecule has 2 N–H and O–H groups in total. The van der Waals surface area contributed by atoms with Crippen molar-refractivity contribution in [3.8, 4) is 0 Å². The lowest BCUT2D eigenvalue weighted by Gasteiger charge is -2.00. The quantitative estimate of drug-likeness (QED) is 0.582. The third kappa shape index (κ3) is 2.40. The van der Waals surface area contributed by atoms with Crippen molar-refractivity contribution in [2.75, 3.05) is 5.73 Å². The zero-order valence-electron chi connectivity index (χ0n) is 10.6. The number of para-hydroxylation sites is 1. The minimum absolute atomic E-state index is 0.0946. The van der Waals surface area contributed by atoms with Crippen molar-refractivity contribution in [3.63, 3.8) is 0 Å². The molecule has 100 valence electrons. The number of halogens is 1. The Kier molecular flexibility index (Phi) is 3.20. The van der Waals surface area contributed by atoms with Crippen LogP contribution in [0.4, 0.5) is 5.69 Å². The van der Waals surface area contributed by atoms with Gasteiger partial charge in [-0.15, -0.1) is 0 Å². The van der Waals surface area contributed by atoms with E-state index < -0.39 is 0 Å². The van der Waals surface area contributed by atoms with E-state index in [0.29, 0.717) is 22.1 Å². The Labute approximate surface area is 120 Å². The zero-order chi connectivity index (χ0) is 14.1. The van der Waals surface area contributed by atoms with Gasteiger partial charge in [-0.3, -0.25) is 4.79 Å². The molecule has 3 aromatic rings. The summed E-state index contributed by atoms with van der Waals surface area (Å²) >= 11 is 6.03. The summed E-state index contributed by atoms with van der Waals surface area (Å²) in [5.74, 6) is 0.221. The lowest BCUT2D eigenvalue weighted by atomic mass is 10.1. The van der Waals surface area contributed by atoms with E-state index in [0.717, 1.165) is 10.9 Å². The molecule has 0 amide bonds. The van der Waals surface area contributed by atoms with Crippen molar-refractivity contribution >= 4 is 34.0 Å². The molecule has 0 atom stereocenters. The molecule has 0 saturated carbocycles. The van der Waals surface area contributed by atoms with Gasteiger partial charge in [-0.25, -0.2) is 0 Å². The van der Waals surface area contributed by atoms with Crippen molar-refractivity contribution in [2.24, 2.45) is 0 Å². The number of carbonyl (C=O) groups is 1. The van der Waals surface area contributed by atoms with Crippen LogP contribution in [0, 0.1) is 0 Å². The second-order valence-corrected chi connectivity index (χ2v) is 5.02. The van der Waals surface area contributed by atoms with Crippen molar-refractivity contribution in [2.45, 2.75) is 6.42 Å². The summed E-state index contributed by atoms with van der Waals surface area (Å²) in [7, 11) is 0. The zero-order valence-corrected chi connectivity index (χ0v) is 11.4. The Morgan fingerprint density at radius 2 is 1.95 bits per heavy atom. The van der Waals surface area contributed by atoms with Gasteiger partial charge in [0.15, 0.2) is 11.3 Å². The molecule has 0 bridgehead atoms. The van der Waals surface area contributed by atoms with E-state index in [-0.39, 0.29) is 12.2 Å². The molecule has 0 saturated heterocycles. The summed E-state index contributed by atoms with van der Waals surface area (Å²) in [6.07, 6.45) is 0.252. The summed E-state index contributed by atoms with van der Waals surface area (Å²) in [5.41, 5.74) is 7.75. The number of hydrogen-bond donors (Lipinski definition) is 1. The largest absolute Gasteiger partial charge is 0.451 e. The van der Waals surface area contributed by atoms with Gasteiger partial charge in [-0.05, 0) is 29.8 Å². The van der Waals surface area contributed by atoms with E-state index in [2.05, 4.69) is 0 Å². The number of hydrogen-bond acceptors (Lipinski definition) is 3. The van der Waals surface area contributed by atoms with Gasteiger partial charge in [0, 0.05) is 17.5 Å². The maximum atomic E-state index is 12.2. The predicted octanol–water partition coefficient (Wildman–Crippen LogP) is 4.09. The molecule has 20 heavy (non-hydrogen) atoms. The molecule has 0 spiro atoms. The molecule has 2 aromatic carbocycles. The van der Waals surface area contributed by atoms with Gasteiger partial charge in [0.05, 0.1) is 5.02 Å². The van der Waals surface area contributed by atoms with Crippen LogP contribution in [0.1, 0.15) is 16.1 Å². The van der Waals surface area contributed by atoms with E-state index in [9.17, 15) is 4.79 Å². The summed E-state index contributed by atoms with van der Waals surface area (Å²) in [6, 6.07) is 14.4. The molecule has 1 heterocycles. The van der Waals surface area contributed by atoms with Crippen LogP contribution >= 0.6 is 11.6 Å². The van der Waals surface area contributed by atoms with Gasteiger partial charge in [-0.1, -0.05) is 35.9 Å². The highest BCUT2D eigenvalue weighted by molar-refractivity contribution is 6.34. The third-order valence-electron chi connectivity index (χ3n) is 3.09. The standard InChI is InChI=1S/C16H12ClNO2/c17-13-6-2-4-11-9-15(20-16(11)13)14(19)8-10-3-1-5-12(18)7-10/h1-7,9H,8,18H2. The number of nitrogens with two attached hydrogens (primary N) is 1. The molecule has 0 unspecified atom stereocenters. The highest BCUT2D eigenvalue weighted by Crippen LogP contribution is 2.27. The van der Waals surface area contributed by atoms with E-state index >= 15 is 0 Å². The minimum Gasteiger partial charge on any atom is -0.451 e. The van der Waals surface area contributed by atoms with Gasteiger partial charge in [0.2, 0.25) is 5.78 Å². The number of benzene rings is 2. The van der Waals surface area contributed by atoms with Gasteiger partial charge in [0.25, 0.3) is 0 Å². The first-order valence-electron chi connectivity index (χ1n) is 6.19. The average molecular weight is 286 g/mol. The van der Waals surface area contributed by atoms with Crippen LogP contribution in [0.25, 0.3) is 11.0 Å². The highest BCUT2D eigenvalue weighted by atomic mass is 35.5. The van der Waals surface area contributed by atoms with Crippen molar-refractivity contribution in [1.29, 1.82) is 0 Å². The SMILES string of the molecule is Nc1cccc(CC(=O)c2cc3cccc(Cl)c3o2)c1. The first-order chi connectivity index (χ1) is 9.63. The molecule has 0 fully saturated rings. The fourth-order valence-electron chi connectivity index (χ4n) is 2.14. The summed E-state index contributed by atoms with van der Waals surface area (Å²) in [6.45, 7) is 0. The number of rotatable bonds is 3. The molecule has 0 aliphatic heterocycles. The van der Waals surface area contributed by atoms with E-state index in [1.807, 2.05) is 24.3 Å². The molecular weight excluding hydrogens is 274 g/mol. The molecule has 4 heteroatoms. The molecular formula is C16H12ClNO2. The smallest absolute Gasteiger partial charge is 0.202 e. The Balaban J connectivity index is 1.91. The molecule has 3 rings (SSSR count). The second-order valence-electron chi connectivity index (χ2n) is 4.61. The minimum atomic E-state index is -0.0946. The van der Waals surface area contributed by atoms with Crippen LogP contribution in [-0.4, -0.2) is 5.78 Å². The van der Waals surface area contributed by atoms with E-state index in [4.69, 9.17) is 21.8 Å². The Morgan fingerprint density at radius 3 is 2.70 bits per heavy atom. The maximum Gasteiger partial charge on any atom is 0.202 e. The molecule has 0 aliphatic rings. The van der Waals surface area contributed by atoms with Crippen LogP contribution < -0.4 is 5.73 Å².